The molecule has 1 aromatic heterocycles. The summed E-state index contributed by atoms with van der Waals surface area (Å²) in [6, 6.07) is 17.4. The number of nitrogens with zero attached hydrogens (tertiary/aromatic N) is 3. The van der Waals surface area contributed by atoms with Crippen LogP contribution in [0.25, 0.3) is 10.8 Å². The molecule has 7 heteroatoms. The minimum Gasteiger partial charge on any atom is -0.379 e. The molecule has 1 unspecified atom stereocenters. The van der Waals surface area contributed by atoms with Gasteiger partial charge in [0.1, 0.15) is 6.54 Å². The number of benzene rings is 2. The Kier molecular flexibility index (Phi) is 5.97. The number of hydrogen-bond donors (Lipinski definition) is 1. The second-order valence-electron chi connectivity index (χ2n) is 7.07. The van der Waals surface area contributed by atoms with Gasteiger partial charge < -0.3 is 10.1 Å². The maximum Gasteiger partial charge on any atom is 0.275 e. The second kappa shape index (κ2) is 8.98. The number of amides is 1. The lowest BCUT2D eigenvalue weighted by molar-refractivity contribution is -0.122. The normalized spacial score (nSPS) is 15.9. The maximum absolute atomic E-state index is 12.6. The van der Waals surface area contributed by atoms with Crippen LogP contribution in [0.2, 0.25) is 0 Å². The van der Waals surface area contributed by atoms with Gasteiger partial charge in [-0.15, -0.1) is 0 Å². The maximum atomic E-state index is 12.6. The molecule has 2 heterocycles. The summed E-state index contributed by atoms with van der Waals surface area (Å²) >= 11 is 0. The average Bonchev–Trinajstić information content (AvgIpc) is 2.77. The van der Waals surface area contributed by atoms with E-state index >= 15 is 0 Å². The number of morpholine rings is 1. The molecular formula is C22H24N4O3. The largest absolute Gasteiger partial charge is 0.379 e. The summed E-state index contributed by atoms with van der Waals surface area (Å²) in [5.41, 5.74) is 0.890. The Morgan fingerprint density at radius 1 is 1.07 bits per heavy atom. The van der Waals surface area contributed by atoms with Gasteiger partial charge in [-0.25, -0.2) is 4.68 Å². The van der Waals surface area contributed by atoms with E-state index in [-0.39, 0.29) is 24.1 Å². The van der Waals surface area contributed by atoms with Gasteiger partial charge in [0.05, 0.1) is 30.8 Å². The Morgan fingerprint density at radius 3 is 2.59 bits per heavy atom. The Bertz CT molecular complexity index is 1030. The van der Waals surface area contributed by atoms with E-state index in [1.54, 1.807) is 18.3 Å². The minimum atomic E-state index is -0.258. The van der Waals surface area contributed by atoms with Crippen LogP contribution in [0.5, 0.6) is 0 Å². The third-order valence-electron chi connectivity index (χ3n) is 5.22. The molecule has 2 aromatic carbocycles. The summed E-state index contributed by atoms with van der Waals surface area (Å²) in [5, 5.41) is 8.45. The first-order chi connectivity index (χ1) is 14.2. The lowest BCUT2D eigenvalue weighted by atomic mass is 10.0. The average molecular weight is 392 g/mol. The van der Waals surface area contributed by atoms with Crippen molar-refractivity contribution in [2.24, 2.45) is 0 Å². The van der Waals surface area contributed by atoms with Crippen LogP contribution in [0.1, 0.15) is 11.6 Å². The Hall–Kier alpha value is -3.03. The van der Waals surface area contributed by atoms with Crippen molar-refractivity contribution >= 4 is 16.7 Å². The molecule has 1 atom stereocenters. The van der Waals surface area contributed by atoms with Crippen LogP contribution in [-0.2, 0) is 16.1 Å². The van der Waals surface area contributed by atoms with E-state index < -0.39 is 0 Å². The fourth-order valence-corrected chi connectivity index (χ4v) is 3.66. The van der Waals surface area contributed by atoms with Crippen LogP contribution in [0.3, 0.4) is 0 Å². The van der Waals surface area contributed by atoms with E-state index in [1.807, 2.05) is 30.3 Å². The fourth-order valence-electron chi connectivity index (χ4n) is 3.66. The molecule has 150 valence electrons. The molecule has 0 saturated carbocycles. The quantitative estimate of drug-likeness (QED) is 0.689. The van der Waals surface area contributed by atoms with E-state index in [0.717, 1.165) is 24.0 Å². The van der Waals surface area contributed by atoms with Crippen molar-refractivity contribution in [1.29, 1.82) is 0 Å². The van der Waals surface area contributed by atoms with Gasteiger partial charge in [0.15, 0.2) is 0 Å². The molecule has 0 radical (unpaired) electrons. The van der Waals surface area contributed by atoms with Gasteiger partial charge in [0.25, 0.3) is 5.56 Å². The fraction of sp³-hybridized carbons (Fsp3) is 0.318. The highest BCUT2D eigenvalue weighted by Gasteiger charge is 2.23. The number of carbonyl (C=O) groups is 1. The van der Waals surface area contributed by atoms with Crippen molar-refractivity contribution in [2.45, 2.75) is 12.6 Å². The van der Waals surface area contributed by atoms with Gasteiger partial charge in [0, 0.05) is 25.0 Å². The number of hydrogen-bond acceptors (Lipinski definition) is 5. The van der Waals surface area contributed by atoms with Crippen molar-refractivity contribution in [3.05, 3.63) is 76.7 Å². The number of fused-ring (bicyclic) bond motifs is 1. The van der Waals surface area contributed by atoms with Gasteiger partial charge >= 0.3 is 0 Å². The standard InChI is InChI=1S/C22H24N4O3/c27-21(16-26-22(28)19-9-5-4-8-18(19)14-24-26)23-15-20(17-6-2-1-3-7-17)25-10-12-29-13-11-25/h1-9,14,20H,10-13,15-16H2,(H,23,27). The zero-order valence-electron chi connectivity index (χ0n) is 16.2. The number of nitrogens with one attached hydrogen (secondary N) is 1. The van der Waals surface area contributed by atoms with Gasteiger partial charge in [-0.2, -0.15) is 5.10 Å². The molecule has 0 spiro atoms. The van der Waals surface area contributed by atoms with Crippen molar-refractivity contribution in [3.8, 4) is 0 Å². The molecule has 1 amide bonds. The topological polar surface area (TPSA) is 76.5 Å². The number of ether oxygens (including phenoxy) is 1. The molecule has 0 aliphatic carbocycles. The highest BCUT2D eigenvalue weighted by atomic mass is 16.5. The van der Waals surface area contributed by atoms with E-state index in [0.29, 0.717) is 25.1 Å². The summed E-state index contributed by atoms with van der Waals surface area (Å²) < 4.78 is 6.68. The zero-order valence-corrected chi connectivity index (χ0v) is 16.2. The summed E-state index contributed by atoms with van der Waals surface area (Å²) in [6.45, 7) is 3.38. The molecule has 1 aliphatic heterocycles. The lowest BCUT2D eigenvalue weighted by Crippen LogP contribution is -2.44. The predicted molar refractivity (Wildman–Crippen MR) is 111 cm³/mol. The monoisotopic (exact) mass is 392 g/mol. The van der Waals surface area contributed by atoms with Gasteiger partial charge in [0.2, 0.25) is 5.91 Å². The molecular weight excluding hydrogens is 368 g/mol. The molecule has 1 N–H and O–H groups in total. The third-order valence-corrected chi connectivity index (χ3v) is 5.22. The summed E-state index contributed by atoms with van der Waals surface area (Å²) in [5.74, 6) is -0.232. The number of rotatable bonds is 6. The van der Waals surface area contributed by atoms with Crippen LogP contribution in [0.4, 0.5) is 0 Å². The van der Waals surface area contributed by atoms with Crippen molar-refractivity contribution < 1.29 is 9.53 Å². The van der Waals surface area contributed by atoms with Crippen LogP contribution in [0.15, 0.2) is 65.6 Å². The summed E-state index contributed by atoms with van der Waals surface area (Å²) in [4.78, 5) is 27.5. The van der Waals surface area contributed by atoms with Crippen molar-refractivity contribution in [3.63, 3.8) is 0 Å². The van der Waals surface area contributed by atoms with Crippen LogP contribution >= 0.6 is 0 Å². The van der Waals surface area contributed by atoms with Gasteiger partial charge in [-0.05, 0) is 11.6 Å². The molecule has 1 fully saturated rings. The zero-order chi connectivity index (χ0) is 20.1. The second-order valence-corrected chi connectivity index (χ2v) is 7.07. The van der Waals surface area contributed by atoms with Crippen LogP contribution in [0, 0.1) is 0 Å². The van der Waals surface area contributed by atoms with Crippen LogP contribution in [-0.4, -0.2) is 53.4 Å². The summed E-state index contributed by atoms with van der Waals surface area (Å²) in [6.07, 6.45) is 1.62. The van der Waals surface area contributed by atoms with Gasteiger partial charge in [-0.1, -0.05) is 48.5 Å². The lowest BCUT2D eigenvalue weighted by Gasteiger charge is -2.35. The van der Waals surface area contributed by atoms with E-state index in [2.05, 4.69) is 27.4 Å². The van der Waals surface area contributed by atoms with Crippen molar-refractivity contribution in [2.75, 3.05) is 32.8 Å². The third kappa shape index (κ3) is 4.52. The van der Waals surface area contributed by atoms with Gasteiger partial charge in [-0.3, -0.25) is 14.5 Å². The minimum absolute atomic E-state index is 0.0605. The molecule has 29 heavy (non-hydrogen) atoms. The molecule has 3 aromatic rings. The first kappa shape index (κ1) is 19.3. The SMILES string of the molecule is O=C(Cn1ncc2ccccc2c1=O)NCC(c1ccccc1)N1CCOCC1. The first-order valence-corrected chi connectivity index (χ1v) is 9.81. The first-order valence-electron chi connectivity index (χ1n) is 9.81. The molecule has 0 bridgehead atoms. The Morgan fingerprint density at radius 2 is 1.79 bits per heavy atom. The Balaban J connectivity index is 1.45. The van der Waals surface area contributed by atoms with E-state index in [4.69, 9.17) is 4.74 Å². The van der Waals surface area contributed by atoms with Crippen LogP contribution < -0.4 is 10.9 Å². The highest BCUT2D eigenvalue weighted by Crippen LogP contribution is 2.21. The number of aromatic nitrogens is 2. The predicted octanol–water partition coefficient (Wildman–Crippen LogP) is 1.59. The number of carbonyl (C=O) groups excluding carboxylic acids is 1. The van der Waals surface area contributed by atoms with E-state index in [9.17, 15) is 9.59 Å². The van der Waals surface area contributed by atoms with E-state index in [1.165, 1.54) is 4.68 Å². The van der Waals surface area contributed by atoms with Crippen molar-refractivity contribution in [1.82, 2.24) is 20.0 Å². The molecule has 4 rings (SSSR count). The Labute approximate surface area is 168 Å². The molecule has 7 nitrogen and oxygen atoms in total. The summed E-state index contributed by atoms with van der Waals surface area (Å²) in [7, 11) is 0. The molecule has 1 saturated heterocycles. The molecule has 1 aliphatic rings. The highest BCUT2D eigenvalue weighted by molar-refractivity contribution is 5.81. The smallest absolute Gasteiger partial charge is 0.275 e.